The molecule has 2 aromatic heterocycles. The lowest BCUT2D eigenvalue weighted by atomic mass is 10.0. The summed E-state index contributed by atoms with van der Waals surface area (Å²) >= 11 is 1.40. The highest BCUT2D eigenvalue weighted by Crippen LogP contribution is 2.28. The maximum atomic E-state index is 12.3. The summed E-state index contributed by atoms with van der Waals surface area (Å²) in [7, 11) is 0. The van der Waals surface area contributed by atoms with Crippen LogP contribution >= 0.6 is 11.3 Å². The van der Waals surface area contributed by atoms with Crippen LogP contribution in [0.5, 0.6) is 0 Å². The molecular weight excluding hydrogens is 384 g/mol. The molecule has 7 heteroatoms. The highest BCUT2D eigenvalue weighted by Gasteiger charge is 2.11. The van der Waals surface area contributed by atoms with Crippen molar-refractivity contribution >= 4 is 33.3 Å². The number of fused-ring (bicyclic) bond motifs is 1. The average Bonchev–Trinajstić information content (AvgIpc) is 3.14. The Bertz CT molecular complexity index is 1260. The minimum Gasteiger partial charge on any atom is -0.310 e. The van der Waals surface area contributed by atoms with Gasteiger partial charge in [-0.25, -0.2) is 9.97 Å². The van der Waals surface area contributed by atoms with Crippen LogP contribution in [0.3, 0.4) is 0 Å². The number of hydrogen-bond donors (Lipinski definition) is 2. The third-order valence-corrected chi connectivity index (χ3v) is 5.42. The van der Waals surface area contributed by atoms with Crippen LogP contribution in [-0.2, 0) is 11.2 Å². The van der Waals surface area contributed by atoms with E-state index in [1.807, 2.05) is 17.5 Å². The topological polar surface area (TPSA) is 87.7 Å². The highest BCUT2D eigenvalue weighted by molar-refractivity contribution is 7.14. The number of aromatic amines is 1. The lowest BCUT2D eigenvalue weighted by Gasteiger charge is -2.04. The average molecular weight is 404 g/mol. The van der Waals surface area contributed by atoms with E-state index in [0.717, 1.165) is 16.8 Å². The number of amides is 1. The molecule has 4 rings (SSSR count). The number of nitrogens with zero attached hydrogens (tertiary/aromatic N) is 2. The van der Waals surface area contributed by atoms with Crippen molar-refractivity contribution in [2.75, 3.05) is 5.32 Å². The van der Waals surface area contributed by atoms with E-state index in [2.05, 4.69) is 46.2 Å². The van der Waals surface area contributed by atoms with Crippen molar-refractivity contribution in [3.8, 4) is 11.3 Å². The minimum absolute atomic E-state index is 0.165. The van der Waals surface area contributed by atoms with Crippen molar-refractivity contribution in [2.24, 2.45) is 0 Å². The lowest BCUT2D eigenvalue weighted by Crippen LogP contribution is -2.16. The molecule has 2 heterocycles. The van der Waals surface area contributed by atoms with Crippen molar-refractivity contribution in [2.45, 2.75) is 26.7 Å². The largest absolute Gasteiger partial charge is 0.310 e. The molecule has 0 unspecified atom stereocenters. The van der Waals surface area contributed by atoms with Gasteiger partial charge in [-0.2, -0.15) is 0 Å². The number of carbonyl (C=O) groups excluding carboxylic acids is 1. The zero-order valence-corrected chi connectivity index (χ0v) is 17.0. The normalized spacial score (nSPS) is 11.0. The fraction of sp³-hybridized carbons (Fsp3) is 0.182. The molecular formula is C22H20N4O2S. The Morgan fingerprint density at radius 3 is 2.79 bits per heavy atom. The van der Waals surface area contributed by atoms with Gasteiger partial charge in [0.05, 0.1) is 16.6 Å². The highest BCUT2D eigenvalue weighted by atomic mass is 32.1. The van der Waals surface area contributed by atoms with Crippen molar-refractivity contribution in [1.82, 2.24) is 15.0 Å². The summed E-state index contributed by atoms with van der Waals surface area (Å²) in [5.41, 5.74) is 4.71. The molecule has 0 bridgehead atoms. The second kappa shape index (κ2) is 7.97. The summed E-state index contributed by atoms with van der Waals surface area (Å²) in [4.78, 5) is 36.2. The van der Waals surface area contributed by atoms with E-state index < -0.39 is 0 Å². The van der Waals surface area contributed by atoms with Gasteiger partial charge >= 0.3 is 0 Å². The summed E-state index contributed by atoms with van der Waals surface area (Å²) in [6.45, 7) is 4.11. The number of rotatable bonds is 5. The lowest BCUT2D eigenvalue weighted by molar-refractivity contribution is -0.116. The van der Waals surface area contributed by atoms with E-state index in [1.54, 1.807) is 18.2 Å². The van der Waals surface area contributed by atoms with Gasteiger partial charge in [0.1, 0.15) is 5.82 Å². The molecule has 1 amide bonds. The van der Waals surface area contributed by atoms with Crippen LogP contribution in [0.25, 0.3) is 22.2 Å². The third-order valence-electron chi connectivity index (χ3n) is 4.66. The summed E-state index contributed by atoms with van der Waals surface area (Å²) in [6.07, 6.45) is 0.557. The molecule has 6 nitrogen and oxygen atoms in total. The van der Waals surface area contributed by atoms with Crippen LogP contribution in [0.15, 0.2) is 52.6 Å². The third kappa shape index (κ3) is 4.25. The van der Waals surface area contributed by atoms with Gasteiger partial charge in [-0.05, 0) is 31.5 Å². The molecule has 2 N–H and O–H groups in total. The van der Waals surface area contributed by atoms with Gasteiger partial charge in [0, 0.05) is 23.8 Å². The van der Waals surface area contributed by atoms with E-state index in [0.29, 0.717) is 28.3 Å². The molecule has 0 atom stereocenters. The quantitative estimate of drug-likeness (QED) is 0.521. The number of para-hydroxylation sites is 1. The first-order valence-electron chi connectivity index (χ1n) is 9.30. The predicted molar refractivity (Wildman–Crippen MR) is 116 cm³/mol. The maximum Gasteiger partial charge on any atom is 0.258 e. The van der Waals surface area contributed by atoms with Crippen LogP contribution < -0.4 is 10.9 Å². The number of nitrogens with one attached hydrogen (secondary N) is 2. The Balaban J connectivity index is 1.42. The zero-order chi connectivity index (χ0) is 20.4. The molecule has 0 radical (unpaired) electrons. The van der Waals surface area contributed by atoms with E-state index >= 15 is 0 Å². The van der Waals surface area contributed by atoms with Gasteiger partial charge in [-0.1, -0.05) is 35.9 Å². The van der Waals surface area contributed by atoms with Crippen molar-refractivity contribution in [1.29, 1.82) is 0 Å². The Hall–Kier alpha value is -3.32. The molecule has 4 aromatic rings. The van der Waals surface area contributed by atoms with Crippen LogP contribution in [0, 0.1) is 13.8 Å². The summed E-state index contributed by atoms with van der Waals surface area (Å²) in [6, 6.07) is 13.4. The molecule has 0 saturated carbocycles. The number of aryl methyl sites for hydroxylation is 3. The fourth-order valence-corrected chi connectivity index (χ4v) is 3.95. The predicted octanol–water partition coefficient (Wildman–Crippen LogP) is 4.23. The van der Waals surface area contributed by atoms with Crippen molar-refractivity contribution < 1.29 is 4.79 Å². The molecule has 0 saturated heterocycles. The summed E-state index contributed by atoms with van der Waals surface area (Å²) in [5.74, 6) is 0.335. The molecule has 29 heavy (non-hydrogen) atoms. The number of hydrogen-bond acceptors (Lipinski definition) is 5. The standard InChI is InChI=1S/C22H20N4O2S/c1-13-7-8-15(14(2)11-13)18-12-29-22(24-18)26-20(27)10-9-19-23-17-6-4-3-5-16(17)21(28)25-19/h3-8,11-12H,9-10H2,1-2H3,(H,23,25,28)(H,24,26,27). The number of benzene rings is 2. The first-order valence-corrected chi connectivity index (χ1v) is 10.2. The van der Waals surface area contributed by atoms with E-state index in [9.17, 15) is 9.59 Å². The molecule has 0 spiro atoms. The molecule has 0 fully saturated rings. The SMILES string of the molecule is Cc1ccc(-c2csc(NC(=O)CCc3nc4ccccc4c(=O)[nH]3)n2)c(C)c1. The summed E-state index contributed by atoms with van der Waals surface area (Å²) in [5, 5.41) is 5.88. The van der Waals surface area contributed by atoms with E-state index in [1.165, 1.54) is 16.9 Å². The van der Waals surface area contributed by atoms with Crippen LogP contribution in [0.4, 0.5) is 5.13 Å². The van der Waals surface area contributed by atoms with Gasteiger partial charge in [0.15, 0.2) is 5.13 Å². The molecule has 0 aliphatic heterocycles. The second-order valence-electron chi connectivity index (χ2n) is 6.93. The van der Waals surface area contributed by atoms with Gasteiger partial charge < -0.3 is 10.3 Å². The first kappa shape index (κ1) is 19.0. The molecule has 0 aliphatic carbocycles. The summed E-state index contributed by atoms with van der Waals surface area (Å²) < 4.78 is 0. The number of carbonyl (C=O) groups is 1. The van der Waals surface area contributed by atoms with Gasteiger partial charge in [0.2, 0.25) is 5.91 Å². The second-order valence-corrected chi connectivity index (χ2v) is 7.79. The smallest absolute Gasteiger partial charge is 0.258 e. The molecule has 0 aliphatic rings. The Labute approximate surface area is 171 Å². The van der Waals surface area contributed by atoms with Gasteiger partial charge in [-0.15, -0.1) is 11.3 Å². The molecule has 2 aromatic carbocycles. The van der Waals surface area contributed by atoms with Crippen molar-refractivity contribution in [3.05, 3.63) is 75.1 Å². The van der Waals surface area contributed by atoms with Crippen molar-refractivity contribution in [3.63, 3.8) is 0 Å². The van der Waals surface area contributed by atoms with Gasteiger partial charge in [0.25, 0.3) is 5.56 Å². The number of anilines is 1. The van der Waals surface area contributed by atoms with E-state index in [4.69, 9.17) is 0 Å². The zero-order valence-electron chi connectivity index (χ0n) is 16.2. The van der Waals surface area contributed by atoms with Crippen LogP contribution in [-0.4, -0.2) is 20.9 Å². The van der Waals surface area contributed by atoms with E-state index in [-0.39, 0.29) is 17.9 Å². The fourth-order valence-electron chi connectivity index (χ4n) is 3.22. The monoisotopic (exact) mass is 404 g/mol. The first-order chi connectivity index (χ1) is 14.0. The Morgan fingerprint density at radius 1 is 1.14 bits per heavy atom. The Morgan fingerprint density at radius 2 is 1.97 bits per heavy atom. The maximum absolute atomic E-state index is 12.3. The minimum atomic E-state index is -0.191. The van der Waals surface area contributed by atoms with Gasteiger partial charge in [-0.3, -0.25) is 9.59 Å². The number of thiazole rings is 1. The molecule has 146 valence electrons. The number of aromatic nitrogens is 3. The Kier molecular flexibility index (Phi) is 5.22. The van der Waals surface area contributed by atoms with Crippen LogP contribution in [0.1, 0.15) is 23.4 Å². The van der Waals surface area contributed by atoms with Crippen LogP contribution in [0.2, 0.25) is 0 Å². The number of H-pyrrole nitrogens is 1.